The zero-order chi connectivity index (χ0) is 10.7. The van der Waals surface area contributed by atoms with E-state index in [2.05, 4.69) is 17.0 Å². The molecule has 0 aliphatic heterocycles. The highest BCUT2D eigenvalue weighted by atomic mass is 35.5. The lowest BCUT2D eigenvalue weighted by Gasteiger charge is -2.05. The molecule has 0 aliphatic rings. The van der Waals surface area contributed by atoms with E-state index in [1.54, 1.807) is 18.5 Å². The quantitative estimate of drug-likeness (QED) is 0.798. The molecule has 0 N–H and O–H groups in total. The Morgan fingerprint density at radius 3 is 2.93 bits per heavy atom. The average molecular weight is 222 g/mol. The summed E-state index contributed by atoms with van der Waals surface area (Å²) < 4.78 is 1.94. The lowest BCUT2D eigenvalue weighted by molar-refractivity contribution is 0.608. The molecule has 4 heteroatoms. The molecule has 0 aliphatic carbocycles. The molecule has 15 heavy (non-hydrogen) atoms. The molecular weight excluding hydrogens is 210 g/mol. The zero-order valence-corrected chi connectivity index (χ0v) is 9.28. The third kappa shape index (κ3) is 2.18. The highest BCUT2D eigenvalue weighted by Crippen LogP contribution is 2.19. The molecule has 0 fully saturated rings. The molecule has 2 aromatic rings. The van der Waals surface area contributed by atoms with Crippen molar-refractivity contribution >= 4 is 11.6 Å². The van der Waals surface area contributed by atoms with Gasteiger partial charge in [0, 0.05) is 24.0 Å². The Balaban J connectivity index is 2.40. The Hall–Kier alpha value is -1.35. The van der Waals surface area contributed by atoms with Crippen LogP contribution in [0, 0.1) is 0 Å². The van der Waals surface area contributed by atoms with Gasteiger partial charge in [0.05, 0.1) is 11.4 Å². The van der Waals surface area contributed by atoms with Gasteiger partial charge in [-0.25, -0.2) is 0 Å². The largest absolute Gasteiger partial charge is 0.263 e. The Labute approximate surface area is 93.7 Å². The van der Waals surface area contributed by atoms with Crippen LogP contribution >= 0.6 is 11.6 Å². The fraction of sp³-hybridized carbons (Fsp3) is 0.273. The molecule has 2 aromatic heterocycles. The van der Waals surface area contributed by atoms with Crippen LogP contribution in [0.15, 0.2) is 30.6 Å². The standard InChI is InChI=1S/C11H12ClN3/c1-2-7-15-11(4-6-14-15)10-8-9(12)3-5-13-10/h3-6,8H,2,7H2,1H3. The van der Waals surface area contributed by atoms with Gasteiger partial charge in [-0.1, -0.05) is 18.5 Å². The van der Waals surface area contributed by atoms with E-state index in [-0.39, 0.29) is 0 Å². The van der Waals surface area contributed by atoms with Crippen LogP contribution in [0.3, 0.4) is 0 Å². The normalized spacial score (nSPS) is 10.5. The summed E-state index contributed by atoms with van der Waals surface area (Å²) in [6.45, 7) is 3.02. The molecule has 2 rings (SSSR count). The topological polar surface area (TPSA) is 30.7 Å². The maximum absolute atomic E-state index is 5.92. The fourth-order valence-corrected chi connectivity index (χ4v) is 1.64. The number of nitrogens with zero attached hydrogens (tertiary/aromatic N) is 3. The van der Waals surface area contributed by atoms with Crippen LogP contribution in [0.1, 0.15) is 13.3 Å². The summed E-state index contributed by atoms with van der Waals surface area (Å²) in [7, 11) is 0. The number of halogens is 1. The molecule has 0 saturated heterocycles. The van der Waals surface area contributed by atoms with Gasteiger partial charge in [0.25, 0.3) is 0 Å². The van der Waals surface area contributed by atoms with Gasteiger partial charge in [0.2, 0.25) is 0 Å². The maximum Gasteiger partial charge on any atom is 0.0897 e. The summed E-state index contributed by atoms with van der Waals surface area (Å²) in [5, 5.41) is 4.94. The van der Waals surface area contributed by atoms with Gasteiger partial charge in [-0.3, -0.25) is 9.67 Å². The van der Waals surface area contributed by atoms with Crippen molar-refractivity contribution in [1.29, 1.82) is 0 Å². The second-order valence-corrected chi connectivity index (χ2v) is 3.74. The lowest BCUT2D eigenvalue weighted by atomic mass is 10.2. The number of hydrogen-bond acceptors (Lipinski definition) is 2. The Bertz CT molecular complexity index is 451. The number of pyridine rings is 1. The van der Waals surface area contributed by atoms with Gasteiger partial charge in [-0.05, 0) is 24.6 Å². The van der Waals surface area contributed by atoms with Crippen molar-refractivity contribution in [3.8, 4) is 11.4 Å². The van der Waals surface area contributed by atoms with Crippen LogP contribution in [0.25, 0.3) is 11.4 Å². The summed E-state index contributed by atoms with van der Waals surface area (Å²) in [6.07, 6.45) is 4.55. The van der Waals surface area contributed by atoms with Crippen molar-refractivity contribution in [2.75, 3.05) is 0 Å². The third-order valence-electron chi connectivity index (χ3n) is 2.14. The first kappa shape index (κ1) is 10.2. The Morgan fingerprint density at radius 1 is 1.33 bits per heavy atom. The van der Waals surface area contributed by atoms with Crippen LogP contribution in [0.5, 0.6) is 0 Å². The molecule has 0 amide bonds. The van der Waals surface area contributed by atoms with Crippen LogP contribution in [0.2, 0.25) is 5.02 Å². The number of aryl methyl sites for hydroxylation is 1. The Morgan fingerprint density at radius 2 is 2.20 bits per heavy atom. The predicted molar refractivity (Wildman–Crippen MR) is 60.8 cm³/mol. The summed E-state index contributed by atoms with van der Waals surface area (Å²) in [5.74, 6) is 0. The smallest absolute Gasteiger partial charge is 0.0897 e. The van der Waals surface area contributed by atoms with E-state index in [1.807, 2.05) is 16.8 Å². The van der Waals surface area contributed by atoms with Crippen LogP contribution in [0.4, 0.5) is 0 Å². The second kappa shape index (κ2) is 4.45. The summed E-state index contributed by atoms with van der Waals surface area (Å²) in [6, 6.07) is 5.57. The van der Waals surface area contributed by atoms with E-state index in [1.165, 1.54) is 0 Å². The SMILES string of the molecule is CCCn1nccc1-c1cc(Cl)ccn1. The zero-order valence-electron chi connectivity index (χ0n) is 8.52. The van der Waals surface area contributed by atoms with E-state index < -0.39 is 0 Å². The number of aromatic nitrogens is 3. The van der Waals surface area contributed by atoms with Crippen LogP contribution in [-0.4, -0.2) is 14.8 Å². The summed E-state index contributed by atoms with van der Waals surface area (Å²) in [5.41, 5.74) is 1.88. The van der Waals surface area contributed by atoms with E-state index in [4.69, 9.17) is 11.6 Å². The minimum atomic E-state index is 0.698. The fourth-order valence-electron chi connectivity index (χ4n) is 1.49. The van der Waals surface area contributed by atoms with Crippen molar-refractivity contribution in [1.82, 2.24) is 14.8 Å². The van der Waals surface area contributed by atoms with Crippen molar-refractivity contribution in [2.24, 2.45) is 0 Å². The summed E-state index contributed by atoms with van der Waals surface area (Å²) in [4.78, 5) is 4.28. The van der Waals surface area contributed by atoms with Crippen molar-refractivity contribution in [3.05, 3.63) is 35.6 Å². The van der Waals surface area contributed by atoms with Gasteiger partial charge in [0.1, 0.15) is 0 Å². The molecule has 78 valence electrons. The molecule has 0 bridgehead atoms. The van der Waals surface area contributed by atoms with Gasteiger partial charge in [-0.15, -0.1) is 0 Å². The first-order valence-electron chi connectivity index (χ1n) is 4.95. The maximum atomic E-state index is 5.92. The first-order valence-corrected chi connectivity index (χ1v) is 5.33. The molecule has 0 radical (unpaired) electrons. The molecule has 2 heterocycles. The predicted octanol–water partition coefficient (Wildman–Crippen LogP) is 3.01. The number of hydrogen-bond donors (Lipinski definition) is 0. The third-order valence-corrected chi connectivity index (χ3v) is 2.37. The molecule has 0 aromatic carbocycles. The van der Waals surface area contributed by atoms with Gasteiger partial charge in [0.15, 0.2) is 0 Å². The number of rotatable bonds is 3. The Kier molecular flexibility index (Phi) is 3.02. The van der Waals surface area contributed by atoms with Crippen molar-refractivity contribution < 1.29 is 0 Å². The molecule has 0 unspecified atom stereocenters. The van der Waals surface area contributed by atoms with E-state index in [0.29, 0.717) is 5.02 Å². The molecule has 3 nitrogen and oxygen atoms in total. The highest BCUT2D eigenvalue weighted by molar-refractivity contribution is 6.30. The highest BCUT2D eigenvalue weighted by Gasteiger charge is 2.05. The second-order valence-electron chi connectivity index (χ2n) is 3.30. The molecular formula is C11H12ClN3. The van der Waals surface area contributed by atoms with Gasteiger partial charge >= 0.3 is 0 Å². The van der Waals surface area contributed by atoms with E-state index >= 15 is 0 Å². The minimum absolute atomic E-state index is 0.698. The van der Waals surface area contributed by atoms with Crippen LogP contribution < -0.4 is 0 Å². The van der Waals surface area contributed by atoms with Crippen molar-refractivity contribution in [2.45, 2.75) is 19.9 Å². The van der Waals surface area contributed by atoms with Gasteiger partial charge in [-0.2, -0.15) is 5.10 Å². The van der Waals surface area contributed by atoms with Crippen LogP contribution in [-0.2, 0) is 6.54 Å². The van der Waals surface area contributed by atoms with Gasteiger partial charge < -0.3 is 0 Å². The summed E-state index contributed by atoms with van der Waals surface area (Å²) >= 11 is 5.92. The molecule has 0 spiro atoms. The molecule has 0 atom stereocenters. The average Bonchev–Trinajstić information content (AvgIpc) is 2.66. The van der Waals surface area contributed by atoms with E-state index in [9.17, 15) is 0 Å². The van der Waals surface area contributed by atoms with Crippen molar-refractivity contribution in [3.63, 3.8) is 0 Å². The lowest BCUT2D eigenvalue weighted by Crippen LogP contribution is -2.01. The monoisotopic (exact) mass is 221 g/mol. The van der Waals surface area contributed by atoms with E-state index in [0.717, 1.165) is 24.4 Å². The minimum Gasteiger partial charge on any atom is -0.263 e. The molecule has 0 saturated carbocycles. The first-order chi connectivity index (χ1) is 7.31.